The first-order valence-corrected chi connectivity index (χ1v) is 7.06. The molecule has 1 spiro atoms. The van der Waals surface area contributed by atoms with Gasteiger partial charge in [-0.15, -0.1) is 0 Å². The van der Waals surface area contributed by atoms with Crippen LogP contribution in [0.4, 0.5) is 0 Å². The van der Waals surface area contributed by atoms with E-state index in [2.05, 4.69) is 4.90 Å². The summed E-state index contributed by atoms with van der Waals surface area (Å²) in [6.07, 6.45) is 4.65. The Bertz CT molecular complexity index is 280. The normalized spacial score (nSPS) is 36.5. The SMILES string of the molecule is OCC1COCCN1CC1COC2(CCCC2)O1. The highest BCUT2D eigenvalue weighted by Gasteiger charge is 2.44. The van der Waals surface area contributed by atoms with Gasteiger partial charge in [-0.1, -0.05) is 0 Å². The molecule has 2 saturated heterocycles. The topological polar surface area (TPSA) is 51.2 Å². The van der Waals surface area contributed by atoms with Crippen LogP contribution in [0, 0.1) is 0 Å². The van der Waals surface area contributed by atoms with E-state index in [1.165, 1.54) is 12.8 Å². The van der Waals surface area contributed by atoms with Gasteiger partial charge in [-0.25, -0.2) is 0 Å². The minimum atomic E-state index is -0.272. The number of ether oxygens (including phenoxy) is 3. The van der Waals surface area contributed by atoms with Crippen molar-refractivity contribution in [3.05, 3.63) is 0 Å². The number of hydrogen-bond acceptors (Lipinski definition) is 5. The second kappa shape index (κ2) is 5.43. The van der Waals surface area contributed by atoms with Crippen molar-refractivity contribution in [2.24, 2.45) is 0 Å². The molecule has 0 aromatic heterocycles. The van der Waals surface area contributed by atoms with E-state index in [4.69, 9.17) is 14.2 Å². The number of hydrogen-bond donors (Lipinski definition) is 1. The monoisotopic (exact) mass is 257 g/mol. The summed E-state index contributed by atoms with van der Waals surface area (Å²) in [5.74, 6) is -0.272. The lowest BCUT2D eigenvalue weighted by Crippen LogP contribution is -2.50. The Balaban J connectivity index is 1.53. The van der Waals surface area contributed by atoms with Crippen molar-refractivity contribution < 1.29 is 19.3 Å². The zero-order valence-corrected chi connectivity index (χ0v) is 10.8. The van der Waals surface area contributed by atoms with Gasteiger partial charge >= 0.3 is 0 Å². The molecule has 0 aromatic rings. The minimum absolute atomic E-state index is 0.113. The first kappa shape index (κ1) is 12.8. The summed E-state index contributed by atoms with van der Waals surface area (Å²) in [4.78, 5) is 2.27. The fraction of sp³-hybridized carbons (Fsp3) is 1.00. The highest BCUT2D eigenvalue weighted by atomic mass is 16.7. The van der Waals surface area contributed by atoms with Crippen molar-refractivity contribution in [3.63, 3.8) is 0 Å². The molecule has 3 aliphatic rings. The molecule has 3 rings (SSSR count). The maximum Gasteiger partial charge on any atom is 0.168 e. The van der Waals surface area contributed by atoms with Gasteiger partial charge in [-0.3, -0.25) is 4.90 Å². The molecule has 0 bridgehead atoms. The van der Waals surface area contributed by atoms with Gasteiger partial charge in [0, 0.05) is 25.9 Å². The Kier molecular flexibility index (Phi) is 3.86. The molecule has 5 nitrogen and oxygen atoms in total. The maximum atomic E-state index is 9.35. The third-order valence-electron chi connectivity index (χ3n) is 4.28. The lowest BCUT2D eigenvalue weighted by Gasteiger charge is -2.35. The quantitative estimate of drug-likeness (QED) is 0.791. The molecule has 1 N–H and O–H groups in total. The molecule has 2 unspecified atom stereocenters. The molecule has 3 fully saturated rings. The van der Waals surface area contributed by atoms with Gasteiger partial charge < -0.3 is 19.3 Å². The molecule has 0 radical (unpaired) electrons. The molecule has 0 aromatic carbocycles. The largest absolute Gasteiger partial charge is 0.395 e. The molecule has 1 aliphatic carbocycles. The Morgan fingerprint density at radius 2 is 2.06 bits per heavy atom. The first-order valence-electron chi connectivity index (χ1n) is 7.06. The first-order chi connectivity index (χ1) is 8.81. The average molecular weight is 257 g/mol. The lowest BCUT2D eigenvalue weighted by atomic mass is 10.2. The van der Waals surface area contributed by atoms with E-state index in [0.29, 0.717) is 13.2 Å². The number of aliphatic hydroxyl groups excluding tert-OH is 1. The van der Waals surface area contributed by atoms with Crippen molar-refractivity contribution in [3.8, 4) is 0 Å². The summed E-state index contributed by atoms with van der Waals surface area (Å²) >= 11 is 0. The van der Waals surface area contributed by atoms with E-state index < -0.39 is 0 Å². The van der Waals surface area contributed by atoms with E-state index in [1.807, 2.05) is 0 Å². The zero-order valence-electron chi connectivity index (χ0n) is 10.8. The van der Waals surface area contributed by atoms with Crippen LogP contribution in [-0.4, -0.2) is 67.5 Å². The van der Waals surface area contributed by atoms with Crippen LogP contribution >= 0.6 is 0 Å². The molecular formula is C13H23NO4. The van der Waals surface area contributed by atoms with Crippen LogP contribution in [0.5, 0.6) is 0 Å². The van der Waals surface area contributed by atoms with E-state index in [1.54, 1.807) is 0 Å². The van der Waals surface area contributed by atoms with Crippen LogP contribution in [0.2, 0.25) is 0 Å². The van der Waals surface area contributed by atoms with Crippen molar-refractivity contribution in [1.29, 1.82) is 0 Å². The second-order valence-corrected chi connectivity index (χ2v) is 5.57. The van der Waals surface area contributed by atoms with Gasteiger partial charge in [0.1, 0.15) is 0 Å². The van der Waals surface area contributed by atoms with Crippen molar-refractivity contribution >= 4 is 0 Å². The fourth-order valence-corrected chi connectivity index (χ4v) is 3.24. The Morgan fingerprint density at radius 3 is 2.83 bits per heavy atom. The predicted octanol–water partition coefficient (Wildman–Crippen LogP) is 0.365. The van der Waals surface area contributed by atoms with E-state index in [9.17, 15) is 5.11 Å². The third kappa shape index (κ3) is 2.56. The number of nitrogens with zero attached hydrogens (tertiary/aromatic N) is 1. The van der Waals surface area contributed by atoms with Gasteiger partial charge in [0.2, 0.25) is 0 Å². The highest BCUT2D eigenvalue weighted by Crippen LogP contribution is 2.39. The molecule has 1 saturated carbocycles. The van der Waals surface area contributed by atoms with Gasteiger partial charge in [-0.2, -0.15) is 0 Å². The predicted molar refractivity (Wildman–Crippen MR) is 65.3 cm³/mol. The molecule has 2 atom stereocenters. The molecule has 2 heterocycles. The van der Waals surface area contributed by atoms with Gasteiger partial charge in [0.05, 0.1) is 38.6 Å². The zero-order chi connectivity index (χ0) is 12.4. The van der Waals surface area contributed by atoms with Crippen LogP contribution in [-0.2, 0) is 14.2 Å². The summed E-state index contributed by atoms with van der Waals surface area (Å²) in [6, 6.07) is 0.113. The molecule has 104 valence electrons. The smallest absolute Gasteiger partial charge is 0.168 e. The summed E-state index contributed by atoms with van der Waals surface area (Å²) in [5, 5.41) is 9.35. The molecule has 5 heteroatoms. The minimum Gasteiger partial charge on any atom is -0.395 e. The number of aliphatic hydroxyl groups is 1. The van der Waals surface area contributed by atoms with Crippen LogP contribution in [0.15, 0.2) is 0 Å². The summed E-state index contributed by atoms with van der Waals surface area (Å²) in [5.41, 5.74) is 0. The van der Waals surface area contributed by atoms with E-state index in [0.717, 1.165) is 32.5 Å². The van der Waals surface area contributed by atoms with Crippen LogP contribution in [0.25, 0.3) is 0 Å². The van der Waals surface area contributed by atoms with Crippen molar-refractivity contribution in [1.82, 2.24) is 4.90 Å². The molecular weight excluding hydrogens is 234 g/mol. The maximum absolute atomic E-state index is 9.35. The average Bonchev–Trinajstić information content (AvgIpc) is 3.01. The van der Waals surface area contributed by atoms with Crippen LogP contribution in [0.3, 0.4) is 0 Å². The summed E-state index contributed by atoms with van der Waals surface area (Å²) < 4.78 is 17.4. The molecule has 2 aliphatic heterocycles. The van der Waals surface area contributed by atoms with Gasteiger partial charge in [0.25, 0.3) is 0 Å². The Labute approximate surface area is 108 Å². The second-order valence-electron chi connectivity index (χ2n) is 5.57. The summed E-state index contributed by atoms with van der Waals surface area (Å²) in [6.45, 7) is 3.92. The molecule has 18 heavy (non-hydrogen) atoms. The van der Waals surface area contributed by atoms with E-state index in [-0.39, 0.29) is 24.5 Å². The van der Waals surface area contributed by atoms with Crippen LogP contribution in [0.1, 0.15) is 25.7 Å². The number of rotatable bonds is 3. The third-order valence-corrected chi connectivity index (χ3v) is 4.28. The molecule has 0 amide bonds. The standard InChI is InChI=1S/C13H23NO4/c15-8-11-9-16-6-5-14(11)7-12-10-17-13(18-12)3-1-2-4-13/h11-12,15H,1-10H2. The van der Waals surface area contributed by atoms with Gasteiger partial charge in [-0.05, 0) is 12.8 Å². The van der Waals surface area contributed by atoms with Crippen molar-refractivity contribution in [2.45, 2.75) is 43.6 Å². The Hall–Kier alpha value is -0.200. The van der Waals surface area contributed by atoms with Gasteiger partial charge in [0.15, 0.2) is 5.79 Å². The van der Waals surface area contributed by atoms with Crippen molar-refractivity contribution in [2.75, 3.05) is 39.5 Å². The Morgan fingerprint density at radius 1 is 1.22 bits per heavy atom. The number of morpholine rings is 1. The highest BCUT2D eigenvalue weighted by molar-refractivity contribution is 4.86. The van der Waals surface area contributed by atoms with Crippen LogP contribution < -0.4 is 0 Å². The lowest BCUT2D eigenvalue weighted by molar-refractivity contribution is -0.165. The fourth-order valence-electron chi connectivity index (χ4n) is 3.24. The summed E-state index contributed by atoms with van der Waals surface area (Å²) in [7, 11) is 0. The van der Waals surface area contributed by atoms with E-state index >= 15 is 0 Å².